The summed E-state index contributed by atoms with van der Waals surface area (Å²) in [6.45, 7) is 4.01. The van der Waals surface area contributed by atoms with E-state index in [-0.39, 0.29) is 23.2 Å². The van der Waals surface area contributed by atoms with Crippen LogP contribution in [0.3, 0.4) is 0 Å². The molecule has 2 amide bonds. The number of rotatable bonds is 5. The van der Waals surface area contributed by atoms with Gasteiger partial charge in [0.1, 0.15) is 11.4 Å². The van der Waals surface area contributed by atoms with Gasteiger partial charge in [-0.3, -0.25) is 9.59 Å². The Balaban J connectivity index is 1.75. The average molecular weight is 359 g/mol. The van der Waals surface area contributed by atoms with E-state index in [9.17, 15) is 9.59 Å². The Labute approximate surface area is 158 Å². The van der Waals surface area contributed by atoms with Crippen molar-refractivity contribution in [1.29, 1.82) is 0 Å². The first-order chi connectivity index (χ1) is 13.1. The molecule has 0 atom stereocenters. The topological polar surface area (TPSA) is 71.1 Å². The van der Waals surface area contributed by atoms with Gasteiger partial charge in [-0.15, -0.1) is 0 Å². The Hall–Kier alpha value is -3.47. The minimum absolute atomic E-state index is 0.187. The number of aromatic nitrogens is 1. The average Bonchev–Trinajstić information content (AvgIpc) is 2.70. The number of benzene rings is 2. The molecule has 1 heterocycles. The van der Waals surface area contributed by atoms with Gasteiger partial charge in [0.15, 0.2) is 0 Å². The molecule has 3 aromatic rings. The number of anilines is 2. The first kappa shape index (κ1) is 18.3. The molecular weight excluding hydrogens is 338 g/mol. The van der Waals surface area contributed by atoms with E-state index in [0.717, 1.165) is 23.2 Å². The van der Waals surface area contributed by atoms with Crippen molar-refractivity contribution in [1.82, 2.24) is 4.98 Å². The molecule has 1 aromatic heterocycles. The molecule has 0 aliphatic carbocycles. The largest absolute Gasteiger partial charge is 0.321 e. The van der Waals surface area contributed by atoms with Crippen molar-refractivity contribution in [3.63, 3.8) is 0 Å². The quantitative estimate of drug-likeness (QED) is 0.707. The van der Waals surface area contributed by atoms with Gasteiger partial charge in [0, 0.05) is 11.4 Å². The predicted molar refractivity (Wildman–Crippen MR) is 107 cm³/mol. The molecular formula is C22H21N3O2. The second kappa shape index (κ2) is 8.27. The van der Waals surface area contributed by atoms with Crippen LogP contribution >= 0.6 is 0 Å². The van der Waals surface area contributed by atoms with Crippen molar-refractivity contribution in [2.45, 2.75) is 20.3 Å². The Kier molecular flexibility index (Phi) is 5.61. The molecule has 0 unspecified atom stereocenters. The fourth-order valence-corrected chi connectivity index (χ4v) is 2.66. The van der Waals surface area contributed by atoms with Gasteiger partial charge >= 0.3 is 0 Å². The summed E-state index contributed by atoms with van der Waals surface area (Å²) in [6, 6.07) is 19.9. The van der Waals surface area contributed by atoms with E-state index in [4.69, 9.17) is 0 Å². The number of para-hydroxylation sites is 1. The van der Waals surface area contributed by atoms with Crippen molar-refractivity contribution in [3.8, 4) is 0 Å². The third kappa shape index (κ3) is 4.58. The molecule has 2 aromatic carbocycles. The monoisotopic (exact) mass is 359 g/mol. The maximum atomic E-state index is 12.5. The van der Waals surface area contributed by atoms with Crippen LogP contribution in [0.25, 0.3) is 0 Å². The Morgan fingerprint density at radius 3 is 2.11 bits per heavy atom. The molecule has 0 fully saturated rings. The molecule has 0 bridgehead atoms. The second-order valence-corrected chi connectivity index (χ2v) is 6.19. The lowest BCUT2D eigenvalue weighted by molar-refractivity contribution is 0.101. The standard InChI is InChI=1S/C22H21N3O2/c1-3-16-7-4-5-8-18(16)25-22(27)20-10-6-9-19(24-20)21(26)23-17-13-11-15(2)12-14-17/h4-14H,3H2,1-2H3,(H,23,26)(H,25,27). The molecule has 5 nitrogen and oxygen atoms in total. The van der Waals surface area contributed by atoms with Gasteiger partial charge in [0.25, 0.3) is 11.8 Å². The van der Waals surface area contributed by atoms with Gasteiger partial charge in [-0.2, -0.15) is 0 Å². The van der Waals surface area contributed by atoms with E-state index in [1.165, 1.54) is 0 Å². The second-order valence-electron chi connectivity index (χ2n) is 6.19. The molecule has 5 heteroatoms. The van der Waals surface area contributed by atoms with Gasteiger partial charge in [-0.25, -0.2) is 4.98 Å². The normalized spacial score (nSPS) is 10.3. The molecule has 27 heavy (non-hydrogen) atoms. The van der Waals surface area contributed by atoms with Crippen LogP contribution in [-0.2, 0) is 6.42 Å². The highest BCUT2D eigenvalue weighted by molar-refractivity contribution is 6.06. The van der Waals surface area contributed by atoms with Crippen molar-refractivity contribution < 1.29 is 9.59 Å². The number of hydrogen-bond acceptors (Lipinski definition) is 3. The van der Waals surface area contributed by atoms with Crippen molar-refractivity contribution >= 4 is 23.2 Å². The van der Waals surface area contributed by atoms with Gasteiger partial charge in [0.2, 0.25) is 0 Å². The summed E-state index contributed by atoms with van der Waals surface area (Å²) in [4.78, 5) is 29.2. The molecule has 0 aliphatic rings. The SMILES string of the molecule is CCc1ccccc1NC(=O)c1cccc(C(=O)Nc2ccc(C)cc2)n1. The maximum absolute atomic E-state index is 12.5. The van der Waals surface area contributed by atoms with Gasteiger partial charge in [0.05, 0.1) is 0 Å². The van der Waals surface area contributed by atoms with Crippen LogP contribution < -0.4 is 10.6 Å². The van der Waals surface area contributed by atoms with Crippen LogP contribution in [0.1, 0.15) is 39.0 Å². The van der Waals surface area contributed by atoms with Crippen LogP contribution in [0.4, 0.5) is 11.4 Å². The smallest absolute Gasteiger partial charge is 0.274 e. The summed E-state index contributed by atoms with van der Waals surface area (Å²) in [6.07, 6.45) is 0.808. The molecule has 0 saturated heterocycles. The Bertz CT molecular complexity index is 965. The van der Waals surface area contributed by atoms with E-state index >= 15 is 0 Å². The molecule has 2 N–H and O–H groups in total. The lowest BCUT2D eigenvalue weighted by Gasteiger charge is -2.10. The van der Waals surface area contributed by atoms with E-state index in [2.05, 4.69) is 15.6 Å². The van der Waals surface area contributed by atoms with E-state index < -0.39 is 0 Å². The summed E-state index contributed by atoms with van der Waals surface area (Å²) < 4.78 is 0. The molecule has 0 aliphatic heterocycles. The van der Waals surface area contributed by atoms with Gasteiger partial charge in [-0.1, -0.05) is 48.9 Å². The Morgan fingerprint density at radius 1 is 0.815 bits per heavy atom. The van der Waals surface area contributed by atoms with Crippen LogP contribution in [0.2, 0.25) is 0 Å². The fraction of sp³-hybridized carbons (Fsp3) is 0.136. The summed E-state index contributed by atoms with van der Waals surface area (Å²) in [5.41, 5.74) is 3.96. The molecule has 3 rings (SSSR count). The van der Waals surface area contributed by atoms with E-state index in [1.807, 2.05) is 62.4 Å². The lowest BCUT2D eigenvalue weighted by Crippen LogP contribution is -2.19. The number of pyridine rings is 1. The number of hydrogen-bond donors (Lipinski definition) is 2. The zero-order chi connectivity index (χ0) is 19.2. The molecule has 136 valence electrons. The zero-order valence-corrected chi connectivity index (χ0v) is 15.3. The first-order valence-electron chi connectivity index (χ1n) is 8.81. The number of nitrogens with zero attached hydrogens (tertiary/aromatic N) is 1. The minimum Gasteiger partial charge on any atom is -0.321 e. The summed E-state index contributed by atoms with van der Waals surface area (Å²) in [5.74, 6) is -0.705. The fourth-order valence-electron chi connectivity index (χ4n) is 2.66. The van der Waals surface area contributed by atoms with Crippen LogP contribution in [0.5, 0.6) is 0 Å². The number of carbonyl (C=O) groups excluding carboxylic acids is 2. The predicted octanol–water partition coefficient (Wildman–Crippen LogP) is 4.46. The third-order valence-electron chi connectivity index (χ3n) is 4.17. The third-order valence-corrected chi connectivity index (χ3v) is 4.17. The number of carbonyl (C=O) groups is 2. The summed E-state index contributed by atoms with van der Waals surface area (Å²) in [5, 5.41) is 5.65. The Morgan fingerprint density at radius 2 is 1.44 bits per heavy atom. The minimum atomic E-state index is -0.359. The molecule has 0 spiro atoms. The lowest BCUT2D eigenvalue weighted by atomic mass is 10.1. The van der Waals surface area contributed by atoms with Crippen molar-refractivity contribution in [3.05, 3.63) is 89.2 Å². The number of aryl methyl sites for hydroxylation is 2. The van der Waals surface area contributed by atoms with Crippen molar-refractivity contribution in [2.75, 3.05) is 10.6 Å². The zero-order valence-electron chi connectivity index (χ0n) is 15.3. The maximum Gasteiger partial charge on any atom is 0.274 e. The highest BCUT2D eigenvalue weighted by Gasteiger charge is 2.14. The number of amides is 2. The first-order valence-corrected chi connectivity index (χ1v) is 8.81. The molecule has 0 saturated carbocycles. The molecule has 0 radical (unpaired) electrons. The summed E-state index contributed by atoms with van der Waals surface area (Å²) in [7, 11) is 0. The van der Waals surface area contributed by atoms with E-state index in [1.54, 1.807) is 18.2 Å². The van der Waals surface area contributed by atoms with Crippen LogP contribution in [-0.4, -0.2) is 16.8 Å². The highest BCUT2D eigenvalue weighted by atomic mass is 16.2. The highest BCUT2D eigenvalue weighted by Crippen LogP contribution is 2.16. The summed E-state index contributed by atoms with van der Waals surface area (Å²) >= 11 is 0. The van der Waals surface area contributed by atoms with E-state index in [0.29, 0.717) is 5.69 Å². The van der Waals surface area contributed by atoms with Gasteiger partial charge in [-0.05, 0) is 49.2 Å². The van der Waals surface area contributed by atoms with Crippen LogP contribution in [0.15, 0.2) is 66.7 Å². The van der Waals surface area contributed by atoms with Gasteiger partial charge < -0.3 is 10.6 Å². The van der Waals surface area contributed by atoms with Crippen LogP contribution in [0, 0.1) is 6.92 Å². The van der Waals surface area contributed by atoms with Crippen molar-refractivity contribution in [2.24, 2.45) is 0 Å². The number of nitrogens with one attached hydrogen (secondary N) is 2.